The molecule has 1 N–H and O–H groups in total. The molecular formula is C26H28FN3O6S2. The zero-order chi connectivity index (χ0) is 27.3. The Bertz CT molecular complexity index is 1470. The third kappa shape index (κ3) is 6.14. The molecule has 4 rings (SSSR count). The van der Waals surface area contributed by atoms with Crippen LogP contribution in [-0.4, -0.2) is 53.3 Å². The Labute approximate surface area is 221 Å². The number of carbonyl (C=O) groups is 1. The van der Waals surface area contributed by atoms with E-state index in [2.05, 4.69) is 5.32 Å². The maximum Gasteiger partial charge on any atom is 0.264 e. The summed E-state index contributed by atoms with van der Waals surface area (Å²) in [6.45, 7) is 2.62. The number of carbonyl (C=O) groups excluding carboxylic acids is 1. The predicted octanol–water partition coefficient (Wildman–Crippen LogP) is 3.84. The number of hydrogen-bond donors (Lipinski definition) is 1. The summed E-state index contributed by atoms with van der Waals surface area (Å²) < 4.78 is 73.5. The van der Waals surface area contributed by atoms with Gasteiger partial charge in [0.25, 0.3) is 10.0 Å². The van der Waals surface area contributed by atoms with Crippen molar-refractivity contribution >= 4 is 37.3 Å². The molecule has 0 aromatic heterocycles. The SMILES string of the molecule is CCOc1ccc(N(CC(=O)Nc2ccc(S(=O)(=O)N3CCCC3)cc2)S(=O)(=O)c2ccc(F)cc2)cc1. The number of nitrogens with one attached hydrogen (secondary N) is 1. The van der Waals surface area contributed by atoms with Gasteiger partial charge < -0.3 is 10.1 Å². The second-order valence-corrected chi connectivity index (χ2v) is 12.4. The van der Waals surface area contributed by atoms with Crippen LogP contribution in [0.3, 0.4) is 0 Å². The Morgan fingerprint density at radius 1 is 0.895 bits per heavy atom. The lowest BCUT2D eigenvalue weighted by molar-refractivity contribution is -0.114. The first-order chi connectivity index (χ1) is 18.1. The minimum Gasteiger partial charge on any atom is -0.494 e. The fourth-order valence-electron chi connectivity index (χ4n) is 4.04. The van der Waals surface area contributed by atoms with Crippen molar-refractivity contribution in [2.75, 3.05) is 35.9 Å². The van der Waals surface area contributed by atoms with Crippen molar-refractivity contribution in [3.8, 4) is 5.75 Å². The van der Waals surface area contributed by atoms with E-state index in [-0.39, 0.29) is 15.5 Å². The smallest absolute Gasteiger partial charge is 0.264 e. The van der Waals surface area contributed by atoms with E-state index >= 15 is 0 Å². The topological polar surface area (TPSA) is 113 Å². The third-order valence-electron chi connectivity index (χ3n) is 5.97. The van der Waals surface area contributed by atoms with Crippen molar-refractivity contribution < 1.29 is 30.8 Å². The highest BCUT2D eigenvalue weighted by atomic mass is 32.2. The predicted molar refractivity (Wildman–Crippen MR) is 142 cm³/mol. The van der Waals surface area contributed by atoms with Crippen molar-refractivity contribution in [1.29, 1.82) is 0 Å². The van der Waals surface area contributed by atoms with Gasteiger partial charge in [0.1, 0.15) is 18.1 Å². The number of amides is 1. The van der Waals surface area contributed by atoms with Crippen LogP contribution >= 0.6 is 0 Å². The lowest BCUT2D eigenvalue weighted by Crippen LogP contribution is -2.38. The number of hydrogen-bond acceptors (Lipinski definition) is 6. The lowest BCUT2D eigenvalue weighted by Gasteiger charge is -2.24. The summed E-state index contributed by atoms with van der Waals surface area (Å²) in [5.74, 6) is -0.715. The summed E-state index contributed by atoms with van der Waals surface area (Å²) in [7, 11) is -7.84. The van der Waals surface area contributed by atoms with Crippen LogP contribution in [0, 0.1) is 5.82 Å². The first-order valence-electron chi connectivity index (χ1n) is 12.0. The standard InChI is InChI=1S/C26H28FN3O6S2/c1-2-36-23-11-9-22(10-12-23)30(38(34,35)25-13-5-20(27)6-14-25)19-26(31)28-21-7-15-24(16-8-21)37(32,33)29-17-3-4-18-29/h5-16H,2-4,17-19H2,1H3,(H,28,31). The second-order valence-electron chi connectivity index (χ2n) is 8.58. The summed E-state index contributed by atoms with van der Waals surface area (Å²) in [4.78, 5) is 12.9. The van der Waals surface area contributed by atoms with Crippen molar-refractivity contribution in [3.05, 3.63) is 78.6 Å². The van der Waals surface area contributed by atoms with Gasteiger partial charge in [-0.15, -0.1) is 0 Å². The maximum absolute atomic E-state index is 13.4. The average molecular weight is 562 g/mol. The van der Waals surface area contributed by atoms with Crippen molar-refractivity contribution in [2.45, 2.75) is 29.6 Å². The number of rotatable bonds is 10. The van der Waals surface area contributed by atoms with E-state index in [4.69, 9.17) is 4.74 Å². The van der Waals surface area contributed by atoms with Crippen LogP contribution in [0.2, 0.25) is 0 Å². The highest BCUT2D eigenvalue weighted by Crippen LogP contribution is 2.27. The van der Waals surface area contributed by atoms with E-state index in [0.29, 0.717) is 31.1 Å². The molecule has 1 fully saturated rings. The minimum absolute atomic E-state index is 0.118. The molecule has 3 aromatic rings. The molecule has 1 amide bonds. The molecule has 0 radical (unpaired) electrons. The van der Waals surface area contributed by atoms with E-state index in [9.17, 15) is 26.0 Å². The minimum atomic E-state index is -4.24. The van der Waals surface area contributed by atoms with Gasteiger partial charge in [-0.25, -0.2) is 21.2 Å². The van der Waals surface area contributed by atoms with Crippen LogP contribution in [0.1, 0.15) is 19.8 Å². The van der Waals surface area contributed by atoms with Gasteiger partial charge in [-0.2, -0.15) is 4.31 Å². The summed E-state index contributed by atoms with van der Waals surface area (Å²) in [5, 5.41) is 2.62. The van der Waals surface area contributed by atoms with Crippen LogP contribution in [0.25, 0.3) is 0 Å². The molecule has 1 saturated heterocycles. The second kappa shape index (κ2) is 11.5. The molecule has 0 atom stereocenters. The molecule has 0 saturated carbocycles. The summed E-state index contributed by atoms with van der Waals surface area (Å²) >= 11 is 0. The third-order valence-corrected chi connectivity index (χ3v) is 9.67. The summed E-state index contributed by atoms with van der Waals surface area (Å²) in [5.41, 5.74) is 0.515. The molecule has 1 aliphatic rings. The van der Waals surface area contributed by atoms with Crippen LogP contribution < -0.4 is 14.4 Å². The number of nitrogens with zero attached hydrogens (tertiary/aromatic N) is 2. The number of anilines is 2. The number of sulfonamides is 2. The monoisotopic (exact) mass is 561 g/mol. The van der Waals surface area contributed by atoms with Crippen LogP contribution in [0.15, 0.2) is 82.6 Å². The average Bonchev–Trinajstić information content (AvgIpc) is 3.45. The Kier molecular flexibility index (Phi) is 8.34. The molecule has 0 bridgehead atoms. The van der Waals surface area contributed by atoms with Crippen LogP contribution in [0.4, 0.5) is 15.8 Å². The molecule has 3 aromatic carbocycles. The highest BCUT2D eigenvalue weighted by molar-refractivity contribution is 7.92. The fourth-order valence-corrected chi connectivity index (χ4v) is 6.98. The quantitative estimate of drug-likeness (QED) is 0.403. The Balaban J connectivity index is 1.55. The molecule has 38 heavy (non-hydrogen) atoms. The molecule has 0 aliphatic carbocycles. The number of benzene rings is 3. The van der Waals surface area contributed by atoms with E-state index in [1.54, 1.807) is 12.1 Å². The molecule has 9 nitrogen and oxygen atoms in total. The van der Waals surface area contributed by atoms with Crippen LogP contribution in [-0.2, 0) is 24.8 Å². The Morgan fingerprint density at radius 3 is 2.05 bits per heavy atom. The van der Waals surface area contributed by atoms with Gasteiger partial charge in [-0.1, -0.05) is 0 Å². The highest BCUT2D eigenvalue weighted by Gasteiger charge is 2.29. The summed E-state index contributed by atoms with van der Waals surface area (Å²) in [6.07, 6.45) is 1.64. The summed E-state index contributed by atoms with van der Waals surface area (Å²) in [6, 6.07) is 16.2. The molecule has 1 aliphatic heterocycles. The normalized spacial score (nSPS) is 14.3. The van der Waals surface area contributed by atoms with Gasteiger partial charge >= 0.3 is 0 Å². The van der Waals surface area contributed by atoms with E-state index in [0.717, 1.165) is 41.4 Å². The zero-order valence-electron chi connectivity index (χ0n) is 20.7. The first-order valence-corrected chi connectivity index (χ1v) is 14.9. The van der Waals surface area contributed by atoms with Gasteiger partial charge in [-0.3, -0.25) is 9.10 Å². The molecular weight excluding hydrogens is 533 g/mol. The zero-order valence-corrected chi connectivity index (χ0v) is 22.3. The largest absolute Gasteiger partial charge is 0.494 e. The Hall–Kier alpha value is -3.48. The molecule has 0 unspecified atom stereocenters. The van der Waals surface area contributed by atoms with Gasteiger partial charge in [0.15, 0.2) is 0 Å². The van der Waals surface area contributed by atoms with Crippen molar-refractivity contribution in [3.63, 3.8) is 0 Å². The molecule has 0 spiro atoms. The lowest BCUT2D eigenvalue weighted by atomic mass is 10.3. The molecule has 1 heterocycles. The maximum atomic E-state index is 13.4. The van der Waals surface area contributed by atoms with Crippen molar-refractivity contribution in [2.24, 2.45) is 0 Å². The van der Waals surface area contributed by atoms with Crippen molar-refractivity contribution in [1.82, 2.24) is 4.31 Å². The molecule has 12 heteroatoms. The van der Waals surface area contributed by atoms with E-state index in [1.807, 2.05) is 6.92 Å². The van der Waals surface area contributed by atoms with Gasteiger partial charge in [-0.05, 0) is 92.6 Å². The molecule has 202 valence electrons. The van der Waals surface area contributed by atoms with Gasteiger partial charge in [0, 0.05) is 18.8 Å². The first kappa shape index (κ1) is 27.6. The fraction of sp³-hybridized carbons (Fsp3) is 0.269. The number of halogens is 1. The van der Waals surface area contributed by atoms with Gasteiger partial charge in [0.05, 0.1) is 22.1 Å². The van der Waals surface area contributed by atoms with Crippen LogP contribution in [0.5, 0.6) is 5.75 Å². The number of ether oxygens (including phenoxy) is 1. The van der Waals surface area contributed by atoms with E-state index in [1.165, 1.54) is 40.7 Å². The van der Waals surface area contributed by atoms with Gasteiger partial charge in [0.2, 0.25) is 15.9 Å². The Morgan fingerprint density at radius 2 is 1.47 bits per heavy atom. The van der Waals surface area contributed by atoms with E-state index < -0.39 is 38.3 Å².